The second-order valence-corrected chi connectivity index (χ2v) is 11.5. The van der Waals surface area contributed by atoms with Crippen LogP contribution in [0.25, 0.3) is 10.9 Å². The lowest BCUT2D eigenvalue weighted by atomic mass is 9.88. The van der Waals surface area contributed by atoms with Gasteiger partial charge in [0.15, 0.2) is 34.6 Å². The van der Waals surface area contributed by atoms with Crippen LogP contribution in [0, 0.1) is 17.0 Å². The number of thiol groups is 1. The Morgan fingerprint density at radius 1 is 0.818 bits per heavy atom. The summed E-state index contributed by atoms with van der Waals surface area (Å²) in [7, 11) is 1.55. The fourth-order valence-corrected chi connectivity index (χ4v) is 5.47. The number of carbonyl (C=O) groups excluding carboxylic acids is 2. The first-order valence-corrected chi connectivity index (χ1v) is 15.4. The second-order valence-electron chi connectivity index (χ2n) is 11.1. The van der Waals surface area contributed by atoms with E-state index in [0.717, 1.165) is 31.4 Å². The summed E-state index contributed by atoms with van der Waals surface area (Å²) < 4.78 is 45.9. The van der Waals surface area contributed by atoms with Crippen molar-refractivity contribution in [3.63, 3.8) is 0 Å². The summed E-state index contributed by atoms with van der Waals surface area (Å²) in [5.74, 6) is 0.908. The lowest BCUT2D eigenvalue weighted by Gasteiger charge is -2.15. The predicted molar refractivity (Wildman–Crippen MR) is 168 cm³/mol. The normalized spacial score (nSPS) is 13.5. The lowest BCUT2D eigenvalue weighted by Crippen LogP contribution is -2.28. The molecule has 0 spiro atoms. The third-order valence-corrected chi connectivity index (χ3v) is 8.29. The van der Waals surface area contributed by atoms with E-state index in [4.69, 9.17) is 14.2 Å². The molecule has 0 saturated heterocycles. The van der Waals surface area contributed by atoms with Gasteiger partial charge in [0.05, 0.1) is 24.6 Å². The molecule has 1 aliphatic carbocycles. The fourth-order valence-electron chi connectivity index (χ4n) is 5.24. The van der Waals surface area contributed by atoms with Crippen molar-refractivity contribution >= 4 is 35.1 Å². The number of aromatic nitrogens is 1. The van der Waals surface area contributed by atoms with Gasteiger partial charge in [0, 0.05) is 30.5 Å². The summed E-state index contributed by atoms with van der Waals surface area (Å²) in [6.07, 6.45) is 6.67. The van der Waals surface area contributed by atoms with Crippen LogP contribution >= 0.6 is 12.6 Å². The van der Waals surface area contributed by atoms with E-state index in [1.54, 1.807) is 49.7 Å². The highest BCUT2D eigenvalue weighted by Crippen LogP contribution is 2.49. The lowest BCUT2D eigenvalue weighted by molar-refractivity contribution is -0.133. The molecule has 6 nitrogen and oxygen atoms in total. The summed E-state index contributed by atoms with van der Waals surface area (Å²) in [6, 6.07) is 15.2. The summed E-state index contributed by atoms with van der Waals surface area (Å²) in [5, 5.41) is 0.625. The largest absolute Gasteiger partial charge is 0.493 e. The van der Waals surface area contributed by atoms with Crippen molar-refractivity contribution < 1.29 is 32.6 Å². The van der Waals surface area contributed by atoms with Crippen LogP contribution in [0.4, 0.5) is 8.78 Å². The van der Waals surface area contributed by atoms with Crippen LogP contribution in [0.3, 0.4) is 0 Å². The summed E-state index contributed by atoms with van der Waals surface area (Å²) >= 11 is 4.24. The average molecular weight is 620 g/mol. The fraction of sp³-hybridized carbons (Fsp3) is 0.343. The molecule has 3 aromatic carbocycles. The molecule has 0 bridgehead atoms. The number of hydrogen-bond donors (Lipinski definition) is 1. The van der Waals surface area contributed by atoms with Crippen molar-refractivity contribution in [3.05, 3.63) is 89.6 Å². The van der Waals surface area contributed by atoms with Gasteiger partial charge in [0.2, 0.25) is 0 Å². The molecule has 0 N–H and O–H groups in total. The first-order valence-electron chi connectivity index (χ1n) is 14.8. The quantitative estimate of drug-likeness (QED) is 0.0781. The Balaban J connectivity index is 1.25. The maximum atomic E-state index is 15.2. The molecule has 0 amide bonds. The molecule has 1 saturated carbocycles. The number of pyridine rings is 1. The number of carbonyl (C=O) groups is 2. The number of hydrogen-bond acceptors (Lipinski definition) is 7. The van der Waals surface area contributed by atoms with Crippen LogP contribution < -0.4 is 14.2 Å². The zero-order chi connectivity index (χ0) is 31.1. The van der Waals surface area contributed by atoms with E-state index in [1.807, 2.05) is 0 Å². The molecule has 0 atom stereocenters. The number of ether oxygens (including phenoxy) is 3. The SMILES string of the molecule is COc1cc2c(Oc3ccc(CC(=O)C4(C(=O)Cc5ccc(F)cc5)CC4)cc3F)ccnc2cc1OCCCCCCS. The molecule has 5 rings (SSSR count). The van der Waals surface area contributed by atoms with E-state index >= 15 is 4.39 Å². The van der Waals surface area contributed by atoms with E-state index in [0.29, 0.717) is 58.7 Å². The standard InChI is InChI=1S/C35H35F2NO5S/c1-41-31-21-26-28(22-32(31)42-16-4-2-3-5-17-44)38-15-12-29(26)43-30-11-8-24(18-27(30)37)20-34(40)35(13-14-35)33(39)19-23-6-9-25(36)10-7-23/h6-12,15,18,21-22,44H,2-5,13-14,16-17,19-20H2,1H3. The molecule has 230 valence electrons. The first kappa shape index (κ1) is 31.4. The van der Waals surface area contributed by atoms with Gasteiger partial charge < -0.3 is 14.2 Å². The average Bonchev–Trinajstić information content (AvgIpc) is 3.84. The van der Waals surface area contributed by atoms with Crippen molar-refractivity contribution in [2.45, 2.75) is 51.4 Å². The van der Waals surface area contributed by atoms with Crippen molar-refractivity contribution in [1.82, 2.24) is 4.98 Å². The molecule has 0 aliphatic heterocycles. The minimum atomic E-state index is -1.05. The molecule has 9 heteroatoms. The number of fused-ring (bicyclic) bond motifs is 1. The van der Waals surface area contributed by atoms with Gasteiger partial charge in [-0.3, -0.25) is 14.6 Å². The highest BCUT2D eigenvalue weighted by molar-refractivity contribution is 7.80. The predicted octanol–water partition coefficient (Wildman–Crippen LogP) is 7.89. The van der Waals surface area contributed by atoms with Gasteiger partial charge in [-0.05, 0) is 79.0 Å². The molecule has 0 unspecified atom stereocenters. The highest BCUT2D eigenvalue weighted by atomic mass is 32.1. The second kappa shape index (κ2) is 14.2. The number of Topliss-reactive ketones (excluding diaryl/α,β-unsaturated/α-hetero) is 2. The topological polar surface area (TPSA) is 74.7 Å². The molecular weight excluding hydrogens is 584 g/mol. The van der Waals surface area contributed by atoms with E-state index in [1.165, 1.54) is 24.3 Å². The zero-order valence-corrected chi connectivity index (χ0v) is 25.5. The van der Waals surface area contributed by atoms with E-state index < -0.39 is 11.2 Å². The van der Waals surface area contributed by atoms with Crippen LogP contribution in [-0.2, 0) is 22.4 Å². The number of rotatable bonds is 16. The van der Waals surface area contributed by atoms with Crippen molar-refractivity contribution in [3.8, 4) is 23.0 Å². The Hall–Kier alpha value is -3.98. The maximum Gasteiger partial charge on any atom is 0.166 e. The van der Waals surface area contributed by atoms with Gasteiger partial charge in [-0.15, -0.1) is 0 Å². The van der Waals surface area contributed by atoms with E-state index in [-0.39, 0.29) is 36.0 Å². The molecular formula is C35H35F2NO5S. The van der Waals surface area contributed by atoms with Crippen LogP contribution in [0.5, 0.6) is 23.0 Å². The third kappa shape index (κ3) is 7.38. The number of nitrogens with zero attached hydrogens (tertiary/aromatic N) is 1. The molecule has 1 aliphatic rings. The van der Waals surface area contributed by atoms with Crippen LogP contribution in [0.15, 0.2) is 66.9 Å². The Morgan fingerprint density at radius 2 is 1.52 bits per heavy atom. The summed E-state index contributed by atoms with van der Waals surface area (Å²) in [6.45, 7) is 0.550. The van der Waals surface area contributed by atoms with E-state index in [9.17, 15) is 14.0 Å². The minimum Gasteiger partial charge on any atom is -0.493 e. The smallest absolute Gasteiger partial charge is 0.166 e. The number of methoxy groups -OCH3 is 1. The van der Waals surface area contributed by atoms with Gasteiger partial charge >= 0.3 is 0 Å². The molecule has 1 heterocycles. The van der Waals surface area contributed by atoms with Crippen molar-refractivity contribution in [2.24, 2.45) is 5.41 Å². The number of unbranched alkanes of at least 4 members (excludes halogenated alkanes) is 3. The van der Waals surface area contributed by atoms with Crippen LogP contribution in [0.2, 0.25) is 0 Å². The zero-order valence-electron chi connectivity index (χ0n) is 24.6. The van der Waals surface area contributed by atoms with Gasteiger partial charge in [0.1, 0.15) is 11.6 Å². The van der Waals surface area contributed by atoms with Gasteiger partial charge in [-0.1, -0.05) is 31.0 Å². The first-order chi connectivity index (χ1) is 21.3. The van der Waals surface area contributed by atoms with E-state index in [2.05, 4.69) is 17.6 Å². The molecule has 1 aromatic heterocycles. The number of benzene rings is 3. The van der Waals surface area contributed by atoms with Gasteiger partial charge in [0.25, 0.3) is 0 Å². The summed E-state index contributed by atoms with van der Waals surface area (Å²) in [5.41, 5.74) is 0.665. The molecule has 1 fully saturated rings. The monoisotopic (exact) mass is 619 g/mol. The molecule has 44 heavy (non-hydrogen) atoms. The molecule has 4 aromatic rings. The van der Waals surface area contributed by atoms with Crippen LogP contribution in [-0.4, -0.2) is 36.0 Å². The highest BCUT2D eigenvalue weighted by Gasteiger charge is 2.54. The number of halogens is 2. The van der Waals surface area contributed by atoms with Gasteiger partial charge in [-0.25, -0.2) is 8.78 Å². The minimum absolute atomic E-state index is 0.0114. The Bertz CT molecular complexity index is 1640. The Labute approximate surface area is 261 Å². The Kier molecular flexibility index (Phi) is 10.1. The third-order valence-electron chi connectivity index (χ3n) is 7.97. The number of ketones is 2. The maximum absolute atomic E-state index is 15.2. The van der Waals surface area contributed by atoms with Crippen molar-refractivity contribution in [1.29, 1.82) is 0 Å². The van der Waals surface area contributed by atoms with Crippen molar-refractivity contribution in [2.75, 3.05) is 19.5 Å². The Morgan fingerprint density at radius 3 is 2.20 bits per heavy atom. The molecule has 0 radical (unpaired) electrons. The summed E-state index contributed by atoms with van der Waals surface area (Å²) in [4.78, 5) is 30.6. The van der Waals surface area contributed by atoms with Crippen LogP contribution in [0.1, 0.15) is 49.7 Å². The van der Waals surface area contributed by atoms with Gasteiger partial charge in [-0.2, -0.15) is 12.6 Å².